The number of hydrogen-bond acceptors (Lipinski definition) is 2. The first-order valence-electron chi connectivity index (χ1n) is 8.10. The molecule has 5 heteroatoms. The first kappa shape index (κ1) is 17.7. The van der Waals surface area contributed by atoms with Crippen LogP contribution in [0.1, 0.15) is 37.7 Å². The minimum atomic E-state index is -0.151. The SMILES string of the molecule is O=C(CNC(=O)Cc1ccccc1Br)NCCC1=CCCCC1. The summed E-state index contributed by atoms with van der Waals surface area (Å²) in [7, 11) is 0. The lowest BCUT2D eigenvalue weighted by Gasteiger charge is -2.13. The van der Waals surface area contributed by atoms with Crippen molar-refractivity contribution >= 4 is 27.7 Å². The molecule has 1 aromatic carbocycles. The molecular formula is C18H23BrN2O2. The van der Waals surface area contributed by atoms with Gasteiger partial charge in [0.15, 0.2) is 0 Å². The van der Waals surface area contributed by atoms with Gasteiger partial charge in [-0.3, -0.25) is 9.59 Å². The number of carbonyl (C=O) groups excluding carboxylic acids is 2. The molecule has 4 nitrogen and oxygen atoms in total. The van der Waals surface area contributed by atoms with Crippen LogP contribution >= 0.6 is 15.9 Å². The molecule has 0 heterocycles. The second-order valence-electron chi connectivity index (χ2n) is 5.75. The summed E-state index contributed by atoms with van der Waals surface area (Å²) in [6, 6.07) is 7.58. The van der Waals surface area contributed by atoms with Gasteiger partial charge in [0, 0.05) is 11.0 Å². The van der Waals surface area contributed by atoms with Crippen molar-refractivity contribution in [2.24, 2.45) is 0 Å². The van der Waals surface area contributed by atoms with Crippen LogP contribution in [0.4, 0.5) is 0 Å². The van der Waals surface area contributed by atoms with E-state index >= 15 is 0 Å². The van der Waals surface area contributed by atoms with Crippen LogP contribution < -0.4 is 10.6 Å². The number of carbonyl (C=O) groups is 2. The zero-order valence-corrected chi connectivity index (χ0v) is 14.8. The summed E-state index contributed by atoms with van der Waals surface area (Å²) < 4.78 is 0.903. The highest BCUT2D eigenvalue weighted by molar-refractivity contribution is 9.10. The van der Waals surface area contributed by atoms with Gasteiger partial charge in [0.2, 0.25) is 11.8 Å². The Morgan fingerprint density at radius 1 is 1.09 bits per heavy atom. The highest BCUT2D eigenvalue weighted by Gasteiger charge is 2.09. The van der Waals surface area contributed by atoms with Crippen molar-refractivity contribution in [3.63, 3.8) is 0 Å². The number of halogens is 1. The van der Waals surface area contributed by atoms with Crippen LogP contribution in [-0.2, 0) is 16.0 Å². The zero-order chi connectivity index (χ0) is 16.5. The number of nitrogens with one attached hydrogen (secondary N) is 2. The first-order chi connectivity index (χ1) is 11.1. The van der Waals surface area contributed by atoms with Gasteiger partial charge < -0.3 is 10.6 Å². The van der Waals surface area contributed by atoms with Crippen molar-refractivity contribution in [2.45, 2.75) is 38.5 Å². The Balaban J connectivity index is 1.63. The molecule has 2 rings (SSSR count). The van der Waals surface area contributed by atoms with E-state index in [4.69, 9.17) is 0 Å². The molecule has 1 aliphatic rings. The molecule has 2 N–H and O–H groups in total. The first-order valence-corrected chi connectivity index (χ1v) is 8.89. The van der Waals surface area contributed by atoms with E-state index < -0.39 is 0 Å². The zero-order valence-electron chi connectivity index (χ0n) is 13.2. The predicted molar refractivity (Wildman–Crippen MR) is 95.0 cm³/mol. The van der Waals surface area contributed by atoms with Crippen molar-refractivity contribution in [3.05, 3.63) is 46.0 Å². The maximum absolute atomic E-state index is 11.9. The monoisotopic (exact) mass is 378 g/mol. The van der Waals surface area contributed by atoms with E-state index in [0.29, 0.717) is 6.54 Å². The lowest BCUT2D eigenvalue weighted by Crippen LogP contribution is -2.38. The third-order valence-electron chi connectivity index (χ3n) is 3.91. The highest BCUT2D eigenvalue weighted by atomic mass is 79.9. The molecule has 0 saturated carbocycles. The second kappa shape index (κ2) is 9.50. The van der Waals surface area contributed by atoms with Crippen molar-refractivity contribution in [1.29, 1.82) is 0 Å². The third-order valence-corrected chi connectivity index (χ3v) is 4.68. The summed E-state index contributed by atoms with van der Waals surface area (Å²) >= 11 is 3.41. The van der Waals surface area contributed by atoms with Gasteiger partial charge in [0.05, 0.1) is 13.0 Å². The largest absolute Gasteiger partial charge is 0.354 e. The van der Waals surface area contributed by atoms with Crippen LogP contribution in [0.3, 0.4) is 0 Å². The van der Waals surface area contributed by atoms with E-state index in [2.05, 4.69) is 32.6 Å². The maximum Gasteiger partial charge on any atom is 0.239 e. The van der Waals surface area contributed by atoms with E-state index in [9.17, 15) is 9.59 Å². The standard InChI is InChI=1S/C18H23BrN2O2/c19-16-9-5-4-8-15(16)12-17(22)21-13-18(23)20-11-10-14-6-2-1-3-7-14/h4-6,8-9H,1-3,7,10-13H2,(H,20,23)(H,21,22). The van der Waals surface area contributed by atoms with Gasteiger partial charge in [-0.1, -0.05) is 45.8 Å². The minimum Gasteiger partial charge on any atom is -0.354 e. The van der Waals surface area contributed by atoms with Gasteiger partial charge in [0.25, 0.3) is 0 Å². The maximum atomic E-state index is 11.9. The van der Waals surface area contributed by atoms with Crippen LogP contribution in [0.15, 0.2) is 40.4 Å². The summed E-state index contributed by atoms with van der Waals surface area (Å²) in [5, 5.41) is 5.52. The van der Waals surface area contributed by atoms with Crippen LogP contribution in [0.2, 0.25) is 0 Å². The Kier molecular flexibility index (Phi) is 7.33. The number of benzene rings is 1. The lowest BCUT2D eigenvalue weighted by molar-refractivity contribution is -0.125. The van der Waals surface area contributed by atoms with Crippen LogP contribution in [0.5, 0.6) is 0 Å². The summed E-state index contributed by atoms with van der Waals surface area (Å²) in [5.41, 5.74) is 2.35. The molecule has 0 fully saturated rings. The fraction of sp³-hybridized carbons (Fsp3) is 0.444. The molecule has 0 unspecified atom stereocenters. The van der Waals surface area contributed by atoms with Gasteiger partial charge in [-0.15, -0.1) is 0 Å². The van der Waals surface area contributed by atoms with Gasteiger partial charge in [-0.2, -0.15) is 0 Å². The average molecular weight is 379 g/mol. The number of amides is 2. The minimum absolute atomic E-state index is 0.0301. The molecule has 0 spiro atoms. The molecule has 1 aliphatic carbocycles. The van der Waals surface area contributed by atoms with Crippen LogP contribution in [-0.4, -0.2) is 24.9 Å². The van der Waals surface area contributed by atoms with Crippen LogP contribution in [0, 0.1) is 0 Å². The Labute approximate surface area is 145 Å². The number of hydrogen-bond donors (Lipinski definition) is 2. The summed E-state index contributed by atoms with van der Waals surface area (Å²) in [6.45, 7) is 0.674. The molecule has 1 aromatic rings. The van der Waals surface area contributed by atoms with E-state index in [1.54, 1.807) is 0 Å². The molecule has 0 radical (unpaired) electrons. The van der Waals surface area contributed by atoms with Crippen molar-refractivity contribution in [3.8, 4) is 0 Å². The Morgan fingerprint density at radius 2 is 1.91 bits per heavy atom. The van der Waals surface area contributed by atoms with Gasteiger partial charge in [0.1, 0.15) is 0 Å². The average Bonchev–Trinajstić information content (AvgIpc) is 2.56. The number of rotatable bonds is 7. The van der Waals surface area contributed by atoms with Gasteiger partial charge in [-0.25, -0.2) is 0 Å². The number of allylic oxidation sites excluding steroid dienone is 1. The Morgan fingerprint density at radius 3 is 2.65 bits per heavy atom. The van der Waals surface area contributed by atoms with Gasteiger partial charge >= 0.3 is 0 Å². The molecule has 0 atom stereocenters. The molecule has 0 aromatic heterocycles. The molecule has 0 saturated heterocycles. The second-order valence-corrected chi connectivity index (χ2v) is 6.61. The molecule has 0 bridgehead atoms. The fourth-order valence-electron chi connectivity index (χ4n) is 2.61. The predicted octanol–water partition coefficient (Wildman–Crippen LogP) is 3.11. The van der Waals surface area contributed by atoms with Crippen molar-refractivity contribution < 1.29 is 9.59 Å². The Bertz CT molecular complexity index is 584. The quantitative estimate of drug-likeness (QED) is 0.716. The summed E-state index contributed by atoms with van der Waals surface area (Å²) in [4.78, 5) is 23.6. The normalized spacial score (nSPS) is 14.0. The Hall–Kier alpha value is -1.62. The molecule has 0 aliphatic heterocycles. The van der Waals surface area contributed by atoms with E-state index in [-0.39, 0.29) is 24.8 Å². The molecule has 2 amide bonds. The molecule has 124 valence electrons. The van der Waals surface area contributed by atoms with Crippen LogP contribution in [0.25, 0.3) is 0 Å². The lowest BCUT2D eigenvalue weighted by atomic mass is 9.97. The summed E-state index contributed by atoms with van der Waals surface area (Å²) in [5.74, 6) is -0.288. The third kappa shape index (κ3) is 6.57. The smallest absolute Gasteiger partial charge is 0.239 e. The van der Waals surface area contributed by atoms with Crippen molar-refractivity contribution in [2.75, 3.05) is 13.1 Å². The summed E-state index contributed by atoms with van der Waals surface area (Å²) in [6.07, 6.45) is 8.31. The van der Waals surface area contributed by atoms with E-state index in [0.717, 1.165) is 29.3 Å². The molecule has 23 heavy (non-hydrogen) atoms. The topological polar surface area (TPSA) is 58.2 Å². The fourth-order valence-corrected chi connectivity index (χ4v) is 3.04. The van der Waals surface area contributed by atoms with E-state index in [1.165, 1.54) is 18.4 Å². The van der Waals surface area contributed by atoms with Crippen molar-refractivity contribution in [1.82, 2.24) is 10.6 Å². The van der Waals surface area contributed by atoms with Gasteiger partial charge in [-0.05, 0) is 43.7 Å². The molecular weight excluding hydrogens is 356 g/mol. The highest BCUT2D eigenvalue weighted by Crippen LogP contribution is 2.19. The van der Waals surface area contributed by atoms with E-state index in [1.807, 2.05) is 24.3 Å².